The van der Waals surface area contributed by atoms with Crippen LogP contribution in [0.2, 0.25) is 9.36 Å². The number of benzene rings is 2. The zero-order valence-electron chi connectivity index (χ0n) is 24.0. The van der Waals surface area contributed by atoms with Crippen LogP contribution in [-0.4, -0.2) is 82.1 Å². The summed E-state index contributed by atoms with van der Waals surface area (Å²) in [6.07, 6.45) is -7.30. The zero-order valence-corrected chi connectivity index (χ0v) is 28.7. The van der Waals surface area contributed by atoms with Gasteiger partial charge < -0.3 is 14.4 Å². The third-order valence-electron chi connectivity index (χ3n) is 7.60. The van der Waals surface area contributed by atoms with Gasteiger partial charge in [0.05, 0.1) is 18.8 Å². The monoisotopic (exact) mass is 783 g/mol. The van der Waals surface area contributed by atoms with E-state index in [-0.39, 0.29) is 40.6 Å². The summed E-state index contributed by atoms with van der Waals surface area (Å²) in [5.74, 6) is -4.14. The maximum absolute atomic E-state index is 15.1. The van der Waals surface area contributed by atoms with Gasteiger partial charge >= 0.3 is 12.1 Å². The summed E-state index contributed by atoms with van der Waals surface area (Å²) >= 11 is 16.5. The Morgan fingerprint density at radius 2 is 1.78 bits per heavy atom. The van der Waals surface area contributed by atoms with Crippen LogP contribution in [-0.2, 0) is 34.7 Å². The van der Waals surface area contributed by atoms with Gasteiger partial charge in [-0.15, -0.1) is 11.3 Å². The summed E-state index contributed by atoms with van der Waals surface area (Å²) in [5, 5.41) is 0.0849. The number of hydrogen-bond acceptors (Lipinski definition) is 9. The van der Waals surface area contributed by atoms with Crippen LogP contribution in [0.1, 0.15) is 17.5 Å². The number of likely N-dealkylation sites (N-methyl/N-ethyl adjacent to an activating group) is 1. The number of likely N-dealkylation sites (tertiary alicyclic amines) is 1. The van der Waals surface area contributed by atoms with Crippen molar-refractivity contribution in [3.8, 4) is 5.75 Å². The number of halogens is 6. The Labute approximate surface area is 283 Å². The van der Waals surface area contributed by atoms with Gasteiger partial charge in [0.2, 0.25) is 5.91 Å². The lowest BCUT2D eigenvalue weighted by Crippen LogP contribution is -2.59. The molecule has 1 saturated heterocycles. The first-order valence-electron chi connectivity index (χ1n) is 13.2. The molecule has 246 valence electrons. The molecule has 0 radical (unpaired) electrons. The minimum absolute atomic E-state index is 0.000789. The fraction of sp³-hybridized carbons (Fsp3) is 0.321. The van der Waals surface area contributed by atoms with Crippen LogP contribution in [0.15, 0.2) is 57.2 Å². The van der Waals surface area contributed by atoms with E-state index in [0.29, 0.717) is 15.6 Å². The van der Waals surface area contributed by atoms with E-state index in [4.69, 9.17) is 32.7 Å². The number of amides is 2. The molecule has 1 fully saturated rings. The van der Waals surface area contributed by atoms with Crippen molar-refractivity contribution in [2.75, 3.05) is 32.1 Å². The molecular formula is C28H23BrCl2F3N3O7S2. The Kier molecular flexibility index (Phi) is 9.20. The molecule has 10 nitrogen and oxygen atoms in total. The molecule has 5 rings (SSSR count). The van der Waals surface area contributed by atoms with E-state index in [0.717, 1.165) is 0 Å². The Bertz CT molecular complexity index is 1840. The van der Waals surface area contributed by atoms with Gasteiger partial charge in [0.15, 0.2) is 5.54 Å². The summed E-state index contributed by atoms with van der Waals surface area (Å²) < 4.78 is 79.4. The van der Waals surface area contributed by atoms with Gasteiger partial charge in [-0.25, -0.2) is 4.79 Å². The van der Waals surface area contributed by atoms with Crippen molar-refractivity contribution in [2.45, 2.75) is 34.5 Å². The van der Waals surface area contributed by atoms with E-state index < -0.39 is 64.6 Å². The van der Waals surface area contributed by atoms with Gasteiger partial charge in [0.25, 0.3) is 15.9 Å². The molecule has 3 heterocycles. The second-order valence-electron chi connectivity index (χ2n) is 10.5. The average Bonchev–Trinajstić information content (AvgIpc) is 3.64. The van der Waals surface area contributed by atoms with Crippen LogP contribution in [0, 0.1) is 0 Å². The van der Waals surface area contributed by atoms with Crippen molar-refractivity contribution < 1.29 is 45.4 Å². The van der Waals surface area contributed by atoms with Crippen molar-refractivity contribution in [1.29, 1.82) is 0 Å². The molecule has 3 aromatic rings. The van der Waals surface area contributed by atoms with Gasteiger partial charge in [-0.3, -0.25) is 14.5 Å². The average molecular weight is 785 g/mol. The number of anilines is 1. The maximum atomic E-state index is 15.1. The number of thiophene rings is 1. The topological polar surface area (TPSA) is 114 Å². The van der Waals surface area contributed by atoms with E-state index in [1.165, 1.54) is 67.4 Å². The predicted octanol–water partition coefficient (Wildman–Crippen LogP) is 5.44. The van der Waals surface area contributed by atoms with Crippen LogP contribution in [0.25, 0.3) is 0 Å². The summed E-state index contributed by atoms with van der Waals surface area (Å²) in [6.45, 7) is -0.577. The molecule has 2 amide bonds. The van der Waals surface area contributed by atoms with E-state index in [1.807, 2.05) is 0 Å². The maximum Gasteiger partial charge on any atom is 0.490 e. The van der Waals surface area contributed by atoms with Crippen LogP contribution in [0.3, 0.4) is 0 Å². The number of alkyl halides is 3. The molecule has 0 bridgehead atoms. The molecule has 3 atom stereocenters. The number of carbonyl (C=O) groups is 3. The smallest absolute Gasteiger partial charge is 0.490 e. The molecule has 0 N–H and O–H groups in total. The SMILES string of the molecule is COc1ccccc1C1(N2C[C@H](OC(=O)C(F)(F)F)C[C@H]2C(=O)N(C)C)C(=O)N(S(=O)(=O)c2cc(Br)c(Cl)s2)c2ccc(Cl)cc21. The van der Waals surface area contributed by atoms with Crippen molar-refractivity contribution in [3.63, 3.8) is 0 Å². The minimum Gasteiger partial charge on any atom is -0.496 e. The van der Waals surface area contributed by atoms with Gasteiger partial charge in [0, 0.05) is 47.7 Å². The van der Waals surface area contributed by atoms with Crippen molar-refractivity contribution in [1.82, 2.24) is 9.80 Å². The molecule has 18 heteroatoms. The Hall–Kier alpha value is -2.89. The lowest BCUT2D eigenvalue weighted by molar-refractivity contribution is -0.204. The summed E-state index contributed by atoms with van der Waals surface area (Å²) in [4.78, 5) is 43.2. The highest BCUT2D eigenvalue weighted by atomic mass is 79.9. The molecule has 46 heavy (non-hydrogen) atoms. The molecule has 0 saturated carbocycles. The van der Waals surface area contributed by atoms with Gasteiger partial charge in [-0.1, -0.05) is 41.4 Å². The molecule has 2 aliphatic rings. The molecule has 1 unspecified atom stereocenters. The Balaban J connectivity index is 1.83. The highest BCUT2D eigenvalue weighted by Gasteiger charge is 2.64. The fourth-order valence-electron chi connectivity index (χ4n) is 5.77. The number of para-hydroxylation sites is 1. The molecule has 0 aliphatic carbocycles. The standard InChI is InChI=1S/C28H23BrCl2F3N3O7S2/c1-35(2)24(38)20-11-15(44-26(40)28(32,33)34)13-36(20)27(16-6-4-5-7-21(16)43-3)17-10-14(30)8-9-19(17)37(25(27)39)46(41,42)22-12-18(29)23(31)45-22/h4-10,12,15,20H,11,13H2,1-3H3/t15-,20+,27?/m1/s1. The third-order valence-corrected chi connectivity index (χ3v) is 12.5. The van der Waals surface area contributed by atoms with E-state index >= 15 is 4.79 Å². The van der Waals surface area contributed by atoms with Crippen LogP contribution in [0.5, 0.6) is 5.75 Å². The van der Waals surface area contributed by atoms with E-state index in [1.54, 1.807) is 12.1 Å². The van der Waals surface area contributed by atoms with Gasteiger partial charge in [-0.05, 0) is 46.3 Å². The first kappa shape index (κ1) is 34.4. The number of hydrogen-bond donors (Lipinski definition) is 0. The minimum atomic E-state index is -5.33. The predicted molar refractivity (Wildman–Crippen MR) is 167 cm³/mol. The normalized spacial score (nSPS) is 21.8. The number of fused-ring (bicyclic) bond motifs is 1. The third kappa shape index (κ3) is 5.56. The molecule has 2 aromatic carbocycles. The van der Waals surface area contributed by atoms with Gasteiger partial charge in [-0.2, -0.15) is 25.9 Å². The second-order valence-corrected chi connectivity index (χ2v) is 15.5. The molecule has 1 aromatic heterocycles. The van der Waals surface area contributed by atoms with Gasteiger partial charge in [0.1, 0.15) is 20.4 Å². The number of nitrogens with zero attached hydrogens (tertiary/aromatic N) is 3. The van der Waals surface area contributed by atoms with Crippen LogP contribution < -0.4 is 9.04 Å². The first-order chi connectivity index (χ1) is 21.5. The second kappa shape index (κ2) is 12.3. The lowest BCUT2D eigenvalue weighted by atomic mass is 9.80. The molecular weight excluding hydrogens is 762 g/mol. The highest BCUT2D eigenvalue weighted by Crippen LogP contribution is 2.55. The number of rotatable bonds is 7. The molecule has 2 aliphatic heterocycles. The largest absolute Gasteiger partial charge is 0.496 e. The Morgan fingerprint density at radius 3 is 2.37 bits per heavy atom. The zero-order chi connectivity index (χ0) is 33.9. The number of methoxy groups -OCH3 is 1. The number of ether oxygens (including phenoxy) is 2. The van der Waals surface area contributed by atoms with E-state index in [9.17, 15) is 31.2 Å². The Morgan fingerprint density at radius 1 is 1.11 bits per heavy atom. The van der Waals surface area contributed by atoms with Crippen molar-refractivity contribution in [3.05, 3.63) is 73.5 Å². The quantitative estimate of drug-likeness (QED) is 0.291. The first-order valence-corrected chi connectivity index (χ1v) is 17.0. The highest BCUT2D eigenvalue weighted by molar-refractivity contribution is 9.10. The van der Waals surface area contributed by atoms with Crippen LogP contribution in [0.4, 0.5) is 18.9 Å². The number of sulfonamides is 1. The number of esters is 1. The summed E-state index contributed by atoms with van der Waals surface area (Å²) in [5.41, 5.74) is -2.31. The van der Waals surface area contributed by atoms with Crippen molar-refractivity contribution in [2.24, 2.45) is 0 Å². The van der Waals surface area contributed by atoms with Crippen LogP contribution >= 0.6 is 50.5 Å². The fourth-order valence-corrected chi connectivity index (χ4v) is 9.78. The summed E-state index contributed by atoms with van der Waals surface area (Å²) in [6, 6.07) is 9.99. The number of carbonyl (C=O) groups excluding carboxylic acids is 3. The van der Waals surface area contributed by atoms with Crippen molar-refractivity contribution >= 4 is 84.0 Å². The van der Waals surface area contributed by atoms with E-state index in [2.05, 4.69) is 15.9 Å². The molecule has 0 spiro atoms. The lowest BCUT2D eigenvalue weighted by Gasteiger charge is -2.41. The summed E-state index contributed by atoms with van der Waals surface area (Å²) in [7, 11) is -0.583.